The third-order valence-electron chi connectivity index (χ3n) is 1.35. The van der Waals surface area contributed by atoms with Gasteiger partial charge >= 0.3 is 0 Å². The molecular formula is C9H9NO3. The molecule has 0 amide bonds. The SMILES string of the molecule is CC(=O)/C(=N\O)Oc1ccccc1. The number of hydrogen-bond acceptors (Lipinski definition) is 4. The average molecular weight is 179 g/mol. The molecule has 0 saturated carbocycles. The summed E-state index contributed by atoms with van der Waals surface area (Å²) < 4.78 is 4.98. The van der Waals surface area contributed by atoms with Crippen LogP contribution in [0.5, 0.6) is 5.75 Å². The lowest BCUT2D eigenvalue weighted by Crippen LogP contribution is -2.17. The van der Waals surface area contributed by atoms with Crippen LogP contribution in [0.4, 0.5) is 0 Å². The van der Waals surface area contributed by atoms with E-state index in [4.69, 9.17) is 9.94 Å². The van der Waals surface area contributed by atoms with Crippen molar-refractivity contribution in [1.82, 2.24) is 0 Å². The lowest BCUT2D eigenvalue weighted by molar-refractivity contribution is -0.112. The van der Waals surface area contributed by atoms with E-state index < -0.39 is 5.78 Å². The quantitative estimate of drug-likeness (QED) is 0.323. The molecule has 1 aromatic carbocycles. The highest BCUT2D eigenvalue weighted by atomic mass is 16.5. The molecule has 1 aromatic rings. The molecule has 4 nitrogen and oxygen atoms in total. The summed E-state index contributed by atoms with van der Waals surface area (Å²) in [6.45, 7) is 1.26. The van der Waals surface area contributed by atoms with E-state index in [1.165, 1.54) is 6.92 Å². The van der Waals surface area contributed by atoms with Crippen molar-refractivity contribution in [3.8, 4) is 5.75 Å². The Balaban J connectivity index is 2.74. The third kappa shape index (κ3) is 2.59. The monoisotopic (exact) mass is 179 g/mol. The molecule has 0 atom stereocenters. The fourth-order valence-electron chi connectivity index (χ4n) is 0.763. The first-order chi connectivity index (χ1) is 6.24. The van der Waals surface area contributed by atoms with Crippen LogP contribution < -0.4 is 4.74 Å². The predicted octanol–water partition coefficient (Wildman–Crippen LogP) is 1.44. The molecule has 4 heteroatoms. The van der Waals surface area contributed by atoms with Gasteiger partial charge in [0.05, 0.1) is 0 Å². The first-order valence-electron chi connectivity index (χ1n) is 3.70. The number of ether oxygens (including phenoxy) is 1. The Hall–Kier alpha value is -1.84. The highest BCUT2D eigenvalue weighted by Crippen LogP contribution is 2.08. The standard InChI is InChI=1S/C9H9NO3/c1-7(11)9(10-12)13-8-5-3-2-4-6-8/h2-6,12H,1H3/b10-9+. The molecular weight excluding hydrogens is 170 g/mol. The second-order valence-corrected chi connectivity index (χ2v) is 2.38. The molecule has 0 radical (unpaired) electrons. The molecule has 0 aliphatic rings. The Bertz CT molecular complexity index is 319. The van der Waals surface area contributed by atoms with E-state index in [0.717, 1.165) is 0 Å². The summed E-state index contributed by atoms with van der Waals surface area (Å²) in [5, 5.41) is 11.1. The number of carbonyl (C=O) groups excluding carboxylic acids is 1. The van der Waals surface area contributed by atoms with E-state index in [1.807, 2.05) is 6.07 Å². The van der Waals surface area contributed by atoms with Gasteiger partial charge in [-0.15, -0.1) is 0 Å². The lowest BCUT2D eigenvalue weighted by Gasteiger charge is -2.02. The van der Waals surface area contributed by atoms with Crippen LogP contribution >= 0.6 is 0 Å². The summed E-state index contributed by atoms with van der Waals surface area (Å²) in [5.74, 6) is -0.275. The maximum atomic E-state index is 10.8. The Labute approximate surface area is 75.4 Å². The molecule has 0 saturated heterocycles. The summed E-state index contributed by atoms with van der Waals surface area (Å²) >= 11 is 0. The topological polar surface area (TPSA) is 58.9 Å². The molecule has 68 valence electrons. The Kier molecular flexibility index (Phi) is 3.03. The van der Waals surface area contributed by atoms with Crippen molar-refractivity contribution >= 4 is 11.7 Å². The molecule has 0 aliphatic heterocycles. The highest BCUT2D eigenvalue weighted by Gasteiger charge is 2.08. The zero-order chi connectivity index (χ0) is 9.68. The average Bonchev–Trinajstić information content (AvgIpc) is 2.15. The number of nitrogens with zero attached hydrogens (tertiary/aromatic N) is 1. The number of carbonyl (C=O) groups is 1. The number of ketones is 1. The van der Waals surface area contributed by atoms with Crippen LogP contribution in [0.15, 0.2) is 35.5 Å². The molecule has 0 bridgehead atoms. The largest absolute Gasteiger partial charge is 0.434 e. The van der Waals surface area contributed by atoms with E-state index in [-0.39, 0.29) is 5.90 Å². The summed E-state index contributed by atoms with van der Waals surface area (Å²) in [7, 11) is 0. The van der Waals surface area contributed by atoms with Gasteiger partial charge < -0.3 is 9.94 Å². The number of para-hydroxylation sites is 1. The number of oxime groups is 1. The van der Waals surface area contributed by atoms with Gasteiger partial charge in [-0.3, -0.25) is 4.79 Å². The fourth-order valence-corrected chi connectivity index (χ4v) is 0.763. The Morgan fingerprint density at radius 2 is 2.00 bits per heavy atom. The smallest absolute Gasteiger partial charge is 0.299 e. The first kappa shape index (κ1) is 9.25. The van der Waals surface area contributed by atoms with E-state index >= 15 is 0 Å². The van der Waals surface area contributed by atoms with Crippen molar-refractivity contribution in [2.45, 2.75) is 6.92 Å². The minimum atomic E-state index is -0.425. The maximum absolute atomic E-state index is 10.8. The van der Waals surface area contributed by atoms with Crippen molar-refractivity contribution < 1.29 is 14.7 Å². The van der Waals surface area contributed by atoms with E-state index in [1.54, 1.807) is 24.3 Å². The van der Waals surface area contributed by atoms with Crippen molar-refractivity contribution in [1.29, 1.82) is 0 Å². The zero-order valence-electron chi connectivity index (χ0n) is 7.10. The Morgan fingerprint density at radius 3 is 2.46 bits per heavy atom. The third-order valence-corrected chi connectivity index (χ3v) is 1.35. The van der Waals surface area contributed by atoms with Crippen molar-refractivity contribution in [3.63, 3.8) is 0 Å². The Morgan fingerprint density at radius 1 is 1.38 bits per heavy atom. The van der Waals surface area contributed by atoms with Gasteiger partial charge in [-0.1, -0.05) is 18.2 Å². The van der Waals surface area contributed by atoms with Crippen LogP contribution in [0.1, 0.15) is 6.92 Å². The summed E-state index contributed by atoms with van der Waals surface area (Å²) in [6, 6.07) is 8.65. The number of Topliss-reactive ketones (excluding diaryl/α,β-unsaturated/α-hetero) is 1. The second kappa shape index (κ2) is 4.25. The fraction of sp³-hybridized carbons (Fsp3) is 0.111. The van der Waals surface area contributed by atoms with Gasteiger partial charge in [0.25, 0.3) is 5.90 Å². The number of hydrogen-bond donors (Lipinski definition) is 1. The predicted molar refractivity (Wildman–Crippen MR) is 47.0 cm³/mol. The van der Waals surface area contributed by atoms with Crippen LogP contribution in [-0.4, -0.2) is 16.9 Å². The van der Waals surface area contributed by atoms with Crippen molar-refractivity contribution in [2.75, 3.05) is 0 Å². The molecule has 0 aromatic heterocycles. The van der Waals surface area contributed by atoms with Gasteiger partial charge in [0, 0.05) is 6.92 Å². The molecule has 1 N–H and O–H groups in total. The normalized spacial score (nSPS) is 11.0. The van der Waals surface area contributed by atoms with Gasteiger partial charge in [-0.05, 0) is 17.3 Å². The van der Waals surface area contributed by atoms with Gasteiger partial charge in [0.15, 0.2) is 0 Å². The van der Waals surface area contributed by atoms with Crippen molar-refractivity contribution in [2.24, 2.45) is 5.16 Å². The van der Waals surface area contributed by atoms with Crippen LogP contribution in [0.25, 0.3) is 0 Å². The molecule has 0 aliphatic carbocycles. The van der Waals surface area contributed by atoms with Crippen LogP contribution in [0, 0.1) is 0 Å². The molecule has 1 rings (SSSR count). The van der Waals surface area contributed by atoms with Gasteiger partial charge in [0.1, 0.15) is 5.75 Å². The summed E-state index contributed by atoms with van der Waals surface area (Å²) in [5.41, 5.74) is 0. The minimum Gasteiger partial charge on any atom is -0.434 e. The first-order valence-corrected chi connectivity index (χ1v) is 3.70. The minimum absolute atomic E-state index is 0.314. The lowest BCUT2D eigenvalue weighted by atomic mass is 10.3. The number of rotatable bonds is 2. The molecule has 0 fully saturated rings. The zero-order valence-corrected chi connectivity index (χ0v) is 7.10. The second-order valence-electron chi connectivity index (χ2n) is 2.38. The van der Waals surface area contributed by atoms with Crippen LogP contribution in [0.3, 0.4) is 0 Å². The van der Waals surface area contributed by atoms with Crippen LogP contribution in [-0.2, 0) is 4.79 Å². The van der Waals surface area contributed by atoms with E-state index in [0.29, 0.717) is 5.75 Å². The molecule has 0 heterocycles. The summed E-state index contributed by atoms with van der Waals surface area (Å²) in [6.07, 6.45) is 0. The molecule has 0 spiro atoms. The van der Waals surface area contributed by atoms with Crippen molar-refractivity contribution in [3.05, 3.63) is 30.3 Å². The van der Waals surface area contributed by atoms with Gasteiger partial charge in [0.2, 0.25) is 5.78 Å². The summed E-state index contributed by atoms with van der Waals surface area (Å²) in [4.78, 5) is 10.8. The van der Waals surface area contributed by atoms with Crippen LogP contribution in [0.2, 0.25) is 0 Å². The highest BCUT2D eigenvalue weighted by molar-refractivity contribution is 6.35. The van der Waals surface area contributed by atoms with Gasteiger partial charge in [-0.25, -0.2) is 0 Å². The molecule has 0 unspecified atom stereocenters. The van der Waals surface area contributed by atoms with E-state index in [9.17, 15) is 4.79 Å². The maximum Gasteiger partial charge on any atom is 0.299 e. The van der Waals surface area contributed by atoms with E-state index in [2.05, 4.69) is 5.16 Å². The van der Waals surface area contributed by atoms with Gasteiger partial charge in [-0.2, -0.15) is 0 Å². The number of benzene rings is 1. The molecule has 13 heavy (non-hydrogen) atoms.